The summed E-state index contributed by atoms with van der Waals surface area (Å²) in [5.41, 5.74) is 2.83. The second kappa shape index (κ2) is 7.17. The van der Waals surface area contributed by atoms with Crippen molar-refractivity contribution in [3.8, 4) is 5.75 Å². The number of rotatable bonds is 6. The van der Waals surface area contributed by atoms with Crippen molar-refractivity contribution in [2.75, 3.05) is 6.61 Å². The largest absolute Gasteiger partial charge is 0.494 e. The van der Waals surface area contributed by atoms with Crippen molar-refractivity contribution in [2.45, 2.75) is 26.3 Å². The lowest BCUT2D eigenvalue weighted by atomic mass is 10.1. The number of aromatic amines is 1. The highest BCUT2D eigenvalue weighted by Gasteiger charge is 2.13. The molecule has 0 aliphatic carbocycles. The summed E-state index contributed by atoms with van der Waals surface area (Å²) in [5, 5.41) is 2.98. The van der Waals surface area contributed by atoms with E-state index in [4.69, 9.17) is 4.74 Å². The van der Waals surface area contributed by atoms with Gasteiger partial charge in [-0.1, -0.05) is 24.3 Å². The Kier molecular flexibility index (Phi) is 4.79. The van der Waals surface area contributed by atoms with Crippen LogP contribution in [0.3, 0.4) is 0 Å². The van der Waals surface area contributed by atoms with Crippen molar-refractivity contribution in [2.24, 2.45) is 0 Å². The van der Waals surface area contributed by atoms with Crippen molar-refractivity contribution >= 4 is 16.9 Å². The number of fused-ring (bicyclic) bond motifs is 1. The predicted octanol–water partition coefficient (Wildman–Crippen LogP) is 3.38. The number of amides is 1. The molecule has 1 atom stereocenters. The molecule has 5 nitrogen and oxygen atoms in total. The SMILES string of the molecule is CCOc1ccc(CC(=O)NC(C)c2nc3ccccc3[nH]2)cc1. The van der Waals surface area contributed by atoms with E-state index in [9.17, 15) is 4.79 Å². The van der Waals surface area contributed by atoms with Gasteiger partial charge in [-0.05, 0) is 43.7 Å². The van der Waals surface area contributed by atoms with Gasteiger partial charge in [0.15, 0.2) is 0 Å². The summed E-state index contributed by atoms with van der Waals surface area (Å²) in [5.74, 6) is 1.54. The van der Waals surface area contributed by atoms with E-state index in [2.05, 4.69) is 15.3 Å². The van der Waals surface area contributed by atoms with E-state index in [-0.39, 0.29) is 11.9 Å². The van der Waals surface area contributed by atoms with Gasteiger partial charge >= 0.3 is 0 Å². The molecule has 5 heteroatoms. The Hall–Kier alpha value is -2.82. The van der Waals surface area contributed by atoms with E-state index in [0.717, 1.165) is 28.2 Å². The molecule has 0 spiro atoms. The number of aromatic nitrogens is 2. The van der Waals surface area contributed by atoms with Crippen LogP contribution >= 0.6 is 0 Å². The number of carbonyl (C=O) groups excluding carboxylic acids is 1. The maximum absolute atomic E-state index is 12.2. The molecule has 3 aromatic rings. The molecule has 1 aromatic heterocycles. The number of nitrogens with one attached hydrogen (secondary N) is 2. The Labute approximate surface area is 141 Å². The molecular weight excluding hydrogens is 302 g/mol. The Bertz CT molecular complexity index is 791. The first-order valence-corrected chi connectivity index (χ1v) is 8.11. The molecule has 0 fully saturated rings. The molecule has 0 aliphatic heterocycles. The summed E-state index contributed by atoms with van der Waals surface area (Å²) in [6.45, 7) is 4.50. The van der Waals surface area contributed by atoms with E-state index >= 15 is 0 Å². The fraction of sp³-hybridized carbons (Fsp3) is 0.263. The van der Waals surface area contributed by atoms with Gasteiger partial charge in [-0.2, -0.15) is 0 Å². The van der Waals surface area contributed by atoms with Gasteiger partial charge in [-0.15, -0.1) is 0 Å². The van der Waals surface area contributed by atoms with Crippen LogP contribution in [0.5, 0.6) is 5.75 Å². The highest BCUT2D eigenvalue weighted by Crippen LogP contribution is 2.16. The molecule has 0 saturated heterocycles. The molecule has 0 aliphatic rings. The summed E-state index contributed by atoms with van der Waals surface area (Å²) in [7, 11) is 0. The third-order valence-corrected chi connectivity index (χ3v) is 3.79. The summed E-state index contributed by atoms with van der Waals surface area (Å²) in [4.78, 5) is 20.0. The first-order chi connectivity index (χ1) is 11.7. The Morgan fingerprint density at radius 1 is 1.21 bits per heavy atom. The molecule has 124 valence electrons. The number of imidazole rings is 1. The van der Waals surface area contributed by atoms with Crippen LogP contribution in [0.25, 0.3) is 11.0 Å². The average Bonchev–Trinajstić information content (AvgIpc) is 3.01. The minimum absolute atomic E-state index is 0.0351. The van der Waals surface area contributed by atoms with Gasteiger partial charge in [-0.3, -0.25) is 4.79 Å². The highest BCUT2D eigenvalue weighted by atomic mass is 16.5. The van der Waals surface area contributed by atoms with Crippen molar-refractivity contribution in [3.63, 3.8) is 0 Å². The molecule has 1 unspecified atom stereocenters. The third-order valence-electron chi connectivity index (χ3n) is 3.79. The van der Waals surface area contributed by atoms with E-state index in [1.165, 1.54) is 0 Å². The molecular formula is C19H21N3O2. The van der Waals surface area contributed by atoms with E-state index < -0.39 is 0 Å². The number of carbonyl (C=O) groups is 1. The molecule has 0 bridgehead atoms. The van der Waals surface area contributed by atoms with Gasteiger partial charge in [0.2, 0.25) is 5.91 Å². The smallest absolute Gasteiger partial charge is 0.224 e. The maximum Gasteiger partial charge on any atom is 0.224 e. The summed E-state index contributed by atoms with van der Waals surface area (Å²) >= 11 is 0. The lowest BCUT2D eigenvalue weighted by molar-refractivity contribution is -0.121. The van der Waals surface area contributed by atoms with E-state index in [0.29, 0.717) is 13.0 Å². The van der Waals surface area contributed by atoms with Gasteiger partial charge < -0.3 is 15.0 Å². The topological polar surface area (TPSA) is 67.0 Å². The minimum Gasteiger partial charge on any atom is -0.494 e. The summed E-state index contributed by atoms with van der Waals surface area (Å²) in [6.07, 6.45) is 0.330. The normalized spacial score (nSPS) is 12.1. The lowest BCUT2D eigenvalue weighted by Crippen LogP contribution is -2.28. The number of ether oxygens (including phenoxy) is 1. The van der Waals surface area contributed by atoms with Gasteiger partial charge in [-0.25, -0.2) is 4.98 Å². The number of nitrogens with zero attached hydrogens (tertiary/aromatic N) is 1. The molecule has 2 aromatic carbocycles. The molecule has 2 N–H and O–H groups in total. The first kappa shape index (κ1) is 16.1. The summed E-state index contributed by atoms with van der Waals surface area (Å²) < 4.78 is 5.40. The summed E-state index contributed by atoms with van der Waals surface area (Å²) in [6, 6.07) is 15.2. The van der Waals surface area contributed by atoms with Crippen LogP contribution in [0, 0.1) is 0 Å². The number of hydrogen-bond donors (Lipinski definition) is 2. The van der Waals surface area contributed by atoms with Crippen LogP contribution in [0.2, 0.25) is 0 Å². The monoisotopic (exact) mass is 323 g/mol. The van der Waals surface area contributed by atoms with Gasteiger partial charge in [0, 0.05) is 0 Å². The number of benzene rings is 2. The zero-order valence-electron chi connectivity index (χ0n) is 13.9. The van der Waals surface area contributed by atoms with Crippen molar-refractivity contribution in [1.29, 1.82) is 0 Å². The molecule has 0 saturated carbocycles. The quantitative estimate of drug-likeness (QED) is 0.731. The second-order valence-electron chi connectivity index (χ2n) is 5.68. The van der Waals surface area contributed by atoms with Crippen molar-refractivity contribution in [1.82, 2.24) is 15.3 Å². The number of hydrogen-bond acceptors (Lipinski definition) is 3. The standard InChI is InChI=1S/C19H21N3O2/c1-3-24-15-10-8-14(9-11-15)12-18(23)20-13(2)19-21-16-6-4-5-7-17(16)22-19/h4-11,13H,3,12H2,1-2H3,(H,20,23)(H,21,22). The average molecular weight is 323 g/mol. The Morgan fingerprint density at radius 3 is 2.67 bits per heavy atom. The van der Waals surface area contributed by atoms with Crippen LogP contribution < -0.4 is 10.1 Å². The number of H-pyrrole nitrogens is 1. The highest BCUT2D eigenvalue weighted by molar-refractivity contribution is 5.79. The molecule has 24 heavy (non-hydrogen) atoms. The predicted molar refractivity (Wildman–Crippen MR) is 94.0 cm³/mol. The molecule has 3 rings (SSSR count). The fourth-order valence-corrected chi connectivity index (χ4v) is 2.59. The third kappa shape index (κ3) is 3.74. The molecule has 1 heterocycles. The number of para-hydroxylation sites is 2. The van der Waals surface area contributed by atoms with Crippen LogP contribution in [0.15, 0.2) is 48.5 Å². The van der Waals surface area contributed by atoms with Crippen molar-refractivity contribution in [3.05, 3.63) is 59.9 Å². The first-order valence-electron chi connectivity index (χ1n) is 8.11. The zero-order valence-corrected chi connectivity index (χ0v) is 13.9. The lowest BCUT2D eigenvalue weighted by Gasteiger charge is -2.11. The van der Waals surface area contributed by atoms with Gasteiger partial charge in [0.1, 0.15) is 11.6 Å². The fourth-order valence-electron chi connectivity index (χ4n) is 2.59. The van der Waals surface area contributed by atoms with E-state index in [1.54, 1.807) is 0 Å². The van der Waals surface area contributed by atoms with Crippen LogP contribution in [-0.4, -0.2) is 22.5 Å². The van der Waals surface area contributed by atoms with Gasteiger partial charge in [0.05, 0.1) is 30.1 Å². The van der Waals surface area contributed by atoms with E-state index in [1.807, 2.05) is 62.4 Å². The van der Waals surface area contributed by atoms with Crippen LogP contribution in [0.1, 0.15) is 31.3 Å². The Balaban J connectivity index is 1.61. The van der Waals surface area contributed by atoms with Crippen molar-refractivity contribution < 1.29 is 9.53 Å². The minimum atomic E-state index is -0.174. The van der Waals surface area contributed by atoms with Crippen LogP contribution in [0.4, 0.5) is 0 Å². The zero-order chi connectivity index (χ0) is 16.9. The Morgan fingerprint density at radius 2 is 1.96 bits per heavy atom. The maximum atomic E-state index is 12.2. The van der Waals surface area contributed by atoms with Crippen LogP contribution in [-0.2, 0) is 11.2 Å². The van der Waals surface area contributed by atoms with Gasteiger partial charge in [0.25, 0.3) is 0 Å². The second-order valence-corrected chi connectivity index (χ2v) is 5.68. The molecule has 0 radical (unpaired) electrons. The molecule has 1 amide bonds.